The van der Waals surface area contributed by atoms with Gasteiger partial charge in [0.1, 0.15) is 0 Å². The molecule has 5 unspecified atom stereocenters. The fraction of sp³-hybridized carbons (Fsp3) is 1.00. The van der Waals surface area contributed by atoms with Crippen molar-refractivity contribution in [2.45, 2.75) is 65.8 Å². The van der Waals surface area contributed by atoms with Gasteiger partial charge in [-0.1, -0.05) is 40.5 Å². The van der Waals surface area contributed by atoms with Crippen molar-refractivity contribution in [2.75, 3.05) is 7.05 Å². The highest BCUT2D eigenvalue weighted by atomic mass is 14.9. The van der Waals surface area contributed by atoms with E-state index in [1.165, 1.54) is 32.1 Å². The maximum Gasteiger partial charge on any atom is 0.0118 e. The van der Waals surface area contributed by atoms with Crippen LogP contribution in [-0.4, -0.2) is 13.1 Å². The Kier molecular flexibility index (Phi) is 5.82. The van der Waals surface area contributed by atoms with Crippen molar-refractivity contribution in [1.82, 2.24) is 5.32 Å². The molecule has 1 fully saturated rings. The van der Waals surface area contributed by atoms with Gasteiger partial charge in [-0.05, 0) is 50.0 Å². The Morgan fingerprint density at radius 2 is 1.88 bits per heavy atom. The Morgan fingerprint density at radius 3 is 2.38 bits per heavy atom. The highest BCUT2D eigenvalue weighted by Gasteiger charge is 2.31. The summed E-state index contributed by atoms with van der Waals surface area (Å²) in [7, 11) is 2.15. The predicted octanol–water partition coefficient (Wildman–Crippen LogP) is 4.08. The highest BCUT2D eigenvalue weighted by molar-refractivity contribution is 4.85. The van der Waals surface area contributed by atoms with E-state index in [4.69, 9.17) is 0 Å². The Hall–Kier alpha value is -0.0400. The molecule has 1 aliphatic rings. The molecule has 96 valence electrons. The summed E-state index contributed by atoms with van der Waals surface area (Å²) in [6.07, 6.45) is 6.98. The van der Waals surface area contributed by atoms with Crippen molar-refractivity contribution in [1.29, 1.82) is 0 Å². The second kappa shape index (κ2) is 6.64. The van der Waals surface area contributed by atoms with Crippen molar-refractivity contribution in [2.24, 2.45) is 23.7 Å². The quantitative estimate of drug-likeness (QED) is 0.743. The van der Waals surface area contributed by atoms with Crippen LogP contribution in [0.5, 0.6) is 0 Å². The van der Waals surface area contributed by atoms with Crippen molar-refractivity contribution in [3.8, 4) is 0 Å². The van der Waals surface area contributed by atoms with Gasteiger partial charge < -0.3 is 5.32 Å². The highest BCUT2D eigenvalue weighted by Crippen LogP contribution is 2.37. The second-order valence-electron chi connectivity index (χ2n) is 6.11. The van der Waals surface area contributed by atoms with Gasteiger partial charge in [0.25, 0.3) is 0 Å². The van der Waals surface area contributed by atoms with Gasteiger partial charge in [0.2, 0.25) is 0 Å². The third-order valence-electron chi connectivity index (χ3n) is 4.84. The third kappa shape index (κ3) is 3.48. The van der Waals surface area contributed by atoms with Crippen LogP contribution in [0, 0.1) is 23.7 Å². The molecule has 0 aromatic carbocycles. The minimum atomic E-state index is 0.745. The fourth-order valence-electron chi connectivity index (χ4n) is 3.54. The summed E-state index contributed by atoms with van der Waals surface area (Å²) in [6.45, 7) is 9.58. The van der Waals surface area contributed by atoms with E-state index in [2.05, 4.69) is 40.1 Å². The fourth-order valence-corrected chi connectivity index (χ4v) is 3.54. The lowest BCUT2D eigenvalue weighted by atomic mass is 9.70. The lowest BCUT2D eigenvalue weighted by molar-refractivity contribution is 0.146. The first kappa shape index (κ1) is 14.0. The molecular formula is C15H31N. The van der Waals surface area contributed by atoms with Gasteiger partial charge in [-0.2, -0.15) is 0 Å². The van der Waals surface area contributed by atoms with E-state index in [0.717, 1.165) is 29.7 Å². The molecule has 1 heteroatoms. The molecule has 16 heavy (non-hydrogen) atoms. The van der Waals surface area contributed by atoms with E-state index in [-0.39, 0.29) is 0 Å². The molecule has 0 amide bonds. The summed E-state index contributed by atoms with van der Waals surface area (Å²) in [5.74, 6) is 3.61. The minimum absolute atomic E-state index is 0.745. The minimum Gasteiger partial charge on any atom is -0.316 e. The zero-order valence-electron chi connectivity index (χ0n) is 11.9. The average molecular weight is 225 g/mol. The lowest BCUT2D eigenvalue weighted by Gasteiger charge is -2.39. The Morgan fingerprint density at radius 1 is 1.19 bits per heavy atom. The zero-order valence-corrected chi connectivity index (χ0v) is 11.9. The van der Waals surface area contributed by atoms with Crippen molar-refractivity contribution in [3.63, 3.8) is 0 Å². The first-order valence-electron chi connectivity index (χ1n) is 7.27. The summed E-state index contributed by atoms with van der Waals surface area (Å²) >= 11 is 0. The summed E-state index contributed by atoms with van der Waals surface area (Å²) < 4.78 is 0. The number of hydrogen-bond acceptors (Lipinski definition) is 1. The number of rotatable bonds is 5. The maximum absolute atomic E-state index is 3.59. The van der Waals surface area contributed by atoms with E-state index in [1.54, 1.807) is 0 Å². The Bertz CT molecular complexity index is 190. The SMILES string of the molecule is CCCC(C)C(NC)C1CCC(C)C(C)C1. The van der Waals surface area contributed by atoms with E-state index in [0.29, 0.717) is 0 Å². The van der Waals surface area contributed by atoms with Crippen LogP contribution < -0.4 is 5.32 Å². The molecule has 0 aliphatic heterocycles. The lowest BCUT2D eigenvalue weighted by Crippen LogP contribution is -2.42. The van der Waals surface area contributed by atoms with E-state index in [1.807, 2.05) is 0 Å². The zero-order chi connectivity index (χ0) is 12.1. The van der Waals surface area contributed by atoms with E-state index in [9.17, 15) is 0 Å². The van der Waals surface area contributed by atoms with Crippen LogP contribution in [-0.2, 0) is 0 Å². The van der Waals surface area contributed by atoms with Gasteiger partial charge in [0, 0.05) is 6.04 Å². The normalized spacial score (nSPS) is 34.7. The second-order valence-corrected chi connectivity index (χ2v) is 6.11. The molecule has 1 nitrogen and oxygen atoms in total. The van der Waals surface area contributed by atoms with Crippen LogP contribution >= 0.6 is 0 Å². The monoisotopic (exact) mass is 225 g/mol. The third-order valence-corrected chi connectivity index (χ3v) is 4.84. The van der Waals surface area contributed by atoms with Crippen molar-refractivity contribution >= 4 is 0 Å². The molecule has 0 heterocycles. The molecule has 0 saturated heterocycles. The summed E-state index contributed by atoms with van der Waals surface area (Å²) in [5, 5.41) is 3.59. The van der Waals surface area contributed by atoms with E-state index >= 15 is 0 Å². The molecule has 0 aromatic rings. The van der Waals surface area contributed by atoms with Crippen LogP contribution in [0.4, 0.5) is 0 Å². The summed E-state index contributed by atoms with van der Waals surface area (Å²) in [5.41, 5.74) is 0. The molecule has 0 aromatic heterocycles. The van der Waals surface area contributed by atoms with E-state index < -0.39 is 0 Å². The van der Waals surface area contributed by atoms with Crippen LogP contribution in [0.1, 0.15) is 59.8 Å². The molecule has 0 spiro atoms. The Labute approximate surface area is 102 Å². The molecule has 5 atom stereocenters. The number of nitrogens with one attached hydrogen (secondary N) is 1. The standard InChI is InChI=1S/C15H31N/c1-6-7-12(3)15(16-5)14-9-8-11(2)13(4)10-14/h11-16H,6-10H2,1-5H3. The van der Waals surface area contributed by atoms with Gasteiger partial charge in [-0.15, -0.1) is 0 Å². The van der Waals surface area contributed by atoms with Crippen LogP contribution in [0.3, 0.4) is 0 Å². The van der Waals surface area contributed by atoms with Crippen molar-refractivity contribution < 1.29 is 0 Å². The molecule has 1 saturated carbocycles. The average Bonchev–Trinajstić information content (AvgIpc) is 2.25. The van der Waals surface area contributed by atoms with Crippen LogP contribution in [0.2, 0.25) is 0 Å². The summed E-state index contributed by atoms with van der Waals surface area (Å²) in [4.78, 5) is 0. The summed E-state index contributed by atoms with van der Waals surface area (Å²) in [6, 6.07) is 0.745. The molecule has 0 bridgehead atoms. The van der Waals surface area contributed by atoms with Gasteiger partial charge in [0.15, 0.2) is 0 Å². The van der Waals surface area contributed by atoms with Crippen molar-refractivity contribution in [3.05, 3.63) is 0 Å². The van der Waals surface area contributed by atoms with Crippen LogP contribution in [0.25, 0.3) is 0 Å². The molecule has 1 N–H and O–H groups in total. The molecule has 0 radical (unpaired) electrons. The predicted molar refractivity (Wildman–Crippen MR) is 72.6 cm³/mol. The first-order valence-corrected chi connectivity index (χ1v) is 7.27. The molecular weight excluding hydrogens is 194 g/mol. The molecule has 1 rings (SSSR count). The van der Waals surface area contributed by atoms with Gasteiger partial charge >= 0.3 is 0 Å². The van der Waals surface area contributed by atoms with Gasteiger partial charge in [-0.25, -0.2) is 0 Å². The maximum atomic E-state index is 3.59. The van der Waals surface area contributed by atoms with Crippen LogP contribution in [0.15, 0.2) is 0 Å². The molecule has 1 aliphatic carbocycles. The first-order chi connectivity index (χ1) is 7.60. The number of hydrogen-bond donors (Lipinski definition) is 1. The van der Waals surface area contributed by atoms with Gasteiger partial charge in [0.05, 0.1) is 0 Å². The topological polar surface area (TPSA) is 12.0 Å². The largest absolute Gasteiger partial charge is 0.316 e. The Balaban J connectivity index is 2.53. The smallest absolute Gasteiger partial charge is 0.0118 e. The van der Waals surface area contributed by atoms with Gasteiger partial charge in [-0.3, -0.25) is 0 Å².